The van der Waals surface area contributed by atoms with Crippen LogP contribution in [-0.2, 0) is 6.54 Å². The molecule has 1 aromatic carbocycles. The molecule has 1 saturated heterocycles. The summed E-state index contributed by atoms with van der Waals surface area (Å²) < 4.78 is 0. The van der Waals surface area contributed by atoms with Crippen LogP contribution < -0.4 is 0 Å². The third kappa shape index (κ3) is 2.87. The Labute approximate surface area is 111 Å². The molecule has 90 valence electrons. The van der Waals surface area contributed by atoms with Crippen LogP contribution in [0.1, 0.15) is 18.9 Å². The molecule has 0 N–H and O–H groups in total. The number of nitrogens with zero attached hydrogens (tertiary/aromatic N) is 1. The van der Waals surface area contributed by atoms with Gasteiger partial charge in [-0.05, 0) is 12.0 Å². The molecule has 1 amide bonds. The van der Waals surface area contributed by atoms with Gasteiger partial charge in [-0.2, -0.15) is 0 Å². The predicted octanol–water partition coefficient (Wildman–Crippen LogP) is 3.50. The summed E-state index contributed by atoms with van der Waals surface area (Å²) in [6.07, 6.45) is 0.860. The molecule has 1 aliphatic rings. The zero-order valence-electron chi connectivity index (χ0n) is 9.76. The lowest BCUT2D eigenvalue weighted by atomic mass is 10.1. The molecular formula is C13H15NOS2. The summed E-state index contributed by atoms with van der Waals surface area (Å²) in [5.74, 6) is 0.804. The molecule has 1 heterocycles. The SMILES string of the molecule is CCC(=S)[C@@H]1CSC(=O)N1Cc1ccccc1. The summed E-state index contributed by atoms with van der Waals surface area (Å²) in [6, 6.07) is 10.2. The average Bonchev–Trinajstić information content (AvgIpc) is 2.72. The van der Waals surface area contributed by atoms with E-state index < -0.39 is 0 Å². The van der Waals surface area contributed by atoms with E-state index in [9.17, 15) is 4.79 Å². The zero-order chi connectivity index (χ0) is 12.3. The maximum absolute atomic E-state index is 11.8. The quantitative estimate of drug-likeness (QED) is 0.777. The number of carbonyl (C=O) groups is 1. The van der Waals surface area contributed by atoms with E-state index >= 15 is 0 Å². The molecular weight excluding hydrogens is 250 g/mol. The van der Waals surface area contributed by atoms with Crippen molar-refractivity contribution in [2.75, 3.05) is 5.75 Å². The van der Waals surface area contributed by atoms with Crippen molar-refractivity contribution in [3.63, 3.8) is 0 Å². The van der Waals surface area contributed by atoms with Gasteiger partial charge in [0, 0.05) is 17.2 Å². The first-order chi connectivity index (χ1) is 8.22. The highest BCUT2D eigenvalue weighted by atomic mass is 32.2. The van der Waals surface area contributed by atoms with Gasteiger partial charge in [0.2, 0.25) is 0 Å². The fourth-order valence-corrected chi connectivity index (χ4v) is 3.26. The Balaban J connectivity index is 2.12. The highest BCUT2D eigenvalue weighted by Crippen LogP contribution is 2.27. The lowest BCUT2D eigenvalue weighted by Crippen LogP contribution is -2.37. The number of rotatable bonds is 4. The van der Waals surface area contributed by atoms with Crippen LogP contribution in [0.5, 0.6) is 0 Å². The normalized spacial score (nSPS) is 19.7. The van der Waals surface area contributed by atoms with E-state index in [1.807, 2.05) is 35.2 Å². The lowest BCUT2D eigenvalue weighted by Gasteiger charge is -2.24. The van der Waals surface area contributed by atoms with Crippen LogP contribution in [0.4, 0.5) is 4.79 Å². The summed E-state index contributed by atoms with van der Waals surface area (Å²) in [5, 5.41) is 0.148. The minimum absolute atomic E-state index is 0.132. The molecule has 2 rings (SSSR count). The number of hydrogen-bond donors (Lipinski definition) is 0. The minimum atomic E-state index is 0.132. The van der Waals surface area contributed by atoms with E-state index in [1.54, 1.807) is 0 Å². The highest BCUT2D eigenvalue weighted by Gasteiger charge is 2.33. The summed E-state index contributed by atoms with van der Waals surface area (Å²) in [6.45, 7) is 2.72. The van der Waals surface area contributed by atoms with Crippen molar-refractivity contribution in [3.8, 4) is 0 Å². The van der Waals surface area contributed by atoms with Crippen molar-refractivity contribution < 1.29 is 4.79 Å². The van der Waals surface area contributed by atoms with Crippen LogP contribution in [0.25, 0.3) is 0 Å². The summed E-state index contributed by atoms with van der Waals surface area (Å²) >= 11 is 6.73. The Hall–Kier alpha value is -0.870. The van der Waals surface area contributed by atoms with Gasteiger partial charge in [0.05, 0.1) is 6.04 Å². The molecule has 0 radical (unpaired) electrons. The van der Waals surface area contributed by atoms with E-state index in [4.69, 9.17) is 12.2 Å². The fraction of sp³-hybridized carbons (Fsp3) is 0.385. The van der Waals surface area contributed by atoms with Gasteiger partial charge in [-0.3, -0.25) is 4.79 Å². The first kappa shape index (κ1) is 12.6. The Kier molecular flexibility index (Phi) is 4.18. The topological polar surface area (TPSA) is 20.3 Å². The van der Waals surface area contributed by atoms with Crippen LogP contribution in [0.2, 0.25) is 0 Å². The molecule has 1 aromatic rings. The van der Waals surface area contributed by atoms with Crippen LogP contribution in [0.3, 0.4) is 0 Å². The highest BCUT2D eigenvalue weighted by molar-refractivity contribution is 8.14. The molecule has 4 heteroatoms. The van der Waals surface area contributed by atoms with Gasteiger partial charge in [0.1, 0.15) is 0 Å². The van der Waals surface area contributed by atoms with Gasteiger partial charge >= 0.3 is 0 Å². The molecule has 0 saturated carbocycles. The van der Waals surface area contributed by atoms with Gasteiger partial charge in [0.25, 0.3) is 5.24 Å². The van der Waals surface area contributed by atoms with E-state index in [1.165, 1.54) is 11.8 Å². The predicted molar refractivity (Wildman–Crippen MR) is 76.5 cm³/mol. The van der Waals surface area contributed by atoms with Crippen LogP contribution in [0, 0.1) is 0 Å². The third-order valence-corrected chi connectivity index (χ3v) is 4.42. The fourth-order valence-electron chi connectivity index (χ4n) is 1.91. The van der Waals surface area contributed by atoms with E-state index in [0.717, 1.165) is 22.6 Å². The zero-order valence-corrected chi connectivity index (χ0v) is 11.4. The number of amides is 1. The smallest absolute Gasteiger partial charge is 0.282 e. The molecule has 0 bridgehead atoms. The molecule has 0 aliphatic carbocycles. The molecule has 1 fully saturated rings. The van der Waals surface area contributed by atoms with Gasteiger partial charge < -0.3 is 4.90 Å². The summed E-state index contributed by atoms with van der Waals surface area (Å²) in [5.41, 5.74) is 1.16. The maximum Gasteiger partial charge on any atom is 0.282 e. The number of thioether (sulfide) groups is 1. The van der Waals surface area contributed by atoms with Crippen LogP contribution >= 0.6 is 24.0 Å². The first-order valence-electron chi connectivity index (χ1n) is 5.72. The van der Waals surface area contributed by atoms with Crippen molar-refractivity contribution in [2.45, 2.75) is 25.9 Å². The molecule has 17 heavy (non-hydrogen) atoms. The Bertz CT molecular complexity index is 419. The second-order valence-electron chi connectivity index (χ2n) is 4.03. The van der Waals surface area contributed by atoms with Gasteiger partial charge in [-0.1, -0.05) is 61.2 Å². The van der Waals surface area contributed by atoms with Crippen LogP contribution in [-0.4, -0.2) is 26.8 Å². The molecule has 0 aromatic heterocycles. The first-order valence-corrected chi connectivity index (χ1v) is 7.11. The molecule has 2 nitrogen and oxygen atoms in total. The van der Waals surface area contributed by atoms with Gasteiger partial charge in [-0.25, -0.2) is 0 Å². The van der Waals surface area contributed by atoms with Gasteiger partial charge in [0.15, 0.2) is 0 Å². The lowest BCUT2D eigenvalue weighted by molar-refractivity contribution is 0.220. The van der Waals surface area contributed by atoms with Crippen molar-refractivity contribution >= 4 is 34.1 Å². The van der Waals surface area contributed by atoms with E-state index in [2.05, 4.69) is 6.92 Å². The molecule has 1 atom stereocenters. The standard InChI is InChI=1S/C13H15NOS2/c1-2-12(16)11-9-17-13(15)14(11)8-10-6-4-3-5-7-10/h3-7,11H,2,8-9H2,1H3/t11-/m0/s1. The number of carbonyl (C=O) groups excluding carboxylic acids is 1. The van der Waals surface area contributed by atoms with Crippen molar-refractivity contribution in [3.05, 3.63) is 35.9 Å². The number of hydrogen-bond acceptors (Lipinski definition) is 3. The minimum Gasteiger partial charge on any atom is -0.321 e. The second kappa shape index (κ2) is 5.65. The Morgan fingerprint density at radius 1 is 1.47 bits per heavy atom. The average molecular weight is 265 g/mol. The summed E-state index contributed by atoms with van der Waals surface area (Å²) in [7, 11) is 0. The Morgan fingerprint density at radius 2 is 2.18 bits per heavy atom. The van der Waals surface area contributed by atoms with Gasteiger partial charge in [-0.15, -0.1) is 0 Å². The summed E-state index contributed by atoms with van der Waals surface area (Å²) in [4.78, 5) is 14.7. The number of thiocarbonyl (C=S) groups is 1. The monoisotopic (exact) mass is 265 g/mol. The van der Waals surface area contributed by atoms with E-state index in [0.29, 0.717) is 6.54 Å². The number of benzene rings is 1. The Morgan fingerprint density at radius 3 is 2.82 bits per heavy atom. The van der Waals surface area contributed by atoms with E-state index in [-0.39, 0.29) is 11.3 Å². The van der Waals surface area contributed by atoms with Crippen molar-refractivity contribution in [1.82, 2.24) is 4.90 Å². The van der Waals surface area contributed by atoms with Crippen LogP contribution in [0.15, 0.2) is 30.3 Å². The second-order valence-corrected chi connectivity index (χ2v) is 5.52. The van der Waals surface area contributed by atoms with Crippen molar-refractivity contribution in [1.29, 1.82) is 0 Å². The largest absolute Gasteiger partial charge is 0.321 e. The molecule has 1 aliphatic heterocycles. The molecule has 0 spiro atoms. The molecule has 0 unspecified atom stereocenters. The van der Waals surface area contributed by atoms with Crippen molar-refractivity contribution in [2.24, 2.45) is 0 Å². The third-order valence-electron chi connectivity index (χ3n) is 2.89. The maximum atomic E-state index is 11.8.